The molecular weight excluding hydrogens is 316 g/mol. The molecule has 0 radical (unpaired) electrons. The monoisotopic (exact) mass is 342 g/mol. The van der Waals surface area contributed by atoms with Gasteiger partial charge in [-0.05, 0) is 58.3 Å². The highest BCUT2D eigenvalue weighted by molar-refractivity contribution is 5.93. The summed E-state index contributed by atoms with van der Waals surface area (Å²) < 4.78 is 1.43. The Morgan fingerprint density at radius 3 is 2.68 bits per heavy atom. The van der Waals surface area contributed by atoms with E-state index in [4.69, 9.17) is 0 Å². The zero-order valence-electron chi connectivity index (χ0n) is 15.2. The molecule has 0 atom stereocenters. The molecule has 1 N–H and O–H groups in total. The SMILES string of the molecule is Cc1ccc2ncc(C(=O)NCC(C)(C)N3CCCCC3)c(=O)n2c1. The van der Waals surface area contributed by atoms with Crippen LogP contribution in [0.15, 0.2) is 29.3 Å². The van der Waals surface area contributed by atoms with Gasteiger partial charge in [-0.1, -0.05) is 12.5 Å². The molecule has 1 aliphatic heterocycles. The number of aryl methyl sites for hydroxylation is 1. The average molecular weight is 342 g/mol. The maximum Gasteiger partial charge on any atom is 0.270 e. The normalized spacial score (nSPS) is 16.1. The Labute approximate surface area is 147 Å². The van der Waals surface area contributed by atoms with Crippen LogP contribution in [0.5, 0.6) is 0 Å². The summed E-state index contributed by atoms with van der Waals surface area (Å²) in [4.78, 5) is 31.8. The lowest BCUT2D eigenvalue weighted by molar-refractivity contribution is 0.0796. The molecule has 3 heterocycles. The largest absolute Gasteiger partial charge is 0.350 e. The van der Waals surface area contributed by atoms with Crippen molar-refractivity contribution < 1.29 is 4.79 Å². The minimum Gasteiger partial charge on any atom is -0.350 e. The van der Waals surface area contributed by atoms with Gasteiger partial charge in [0.2, 0.25) is 0 Å². The standard InChI is InChI=1S/C19H26N4O2/c1-14-7-8-16-20-11-15(18(25)23(16)12-14)17(24)21-13-19(2,3)22-9-5-4-6-10-22/h7-8,11-12H,4-6,9-10,13H2,1-3H3,(H,21,24). The molecule has 134 valence electrons. The second kappa shape index (κ2) is 6.96. The fourth-order valence-corrected chi connectivity index (χ4v) is 3.34. The van der Waals surface area contributed by atoms with Crippen LogP contribution < -0.4 is 10.9 Å². The third-order valence-electron chi connectivity index (χ3n) is 4.99. The van der Waals surface area contributed by atoms with Gasteiger partial charge in [-0.25, -0.2) is 4.98 Å². The van der Waals surface area contributed by atoms with E-state index in [1.165, 1.54) is 29.9 Å². The predicted molar refractivity (Wildman–Crippen MR) is 98.0 cm³/mol. The molecule has 6 heteroatoms. The second-order valence-corrected chi connectivity index (χ2v) is 7.45. The molecule has 1 saturated heterocycles. The lowest BCUT2D eigenvalue weighted by atomic mass is 9.98. The number of hydrogen-bond donors (Lipinski definition) is 1. The third-order valence-corrected chi connectivity index (χ3v) is 4.99. The molecule has 0 aliphatic carbocycles. The Morgan fingerprint density at radius 2 is 1.96 bits per heavy atom. The van der Waals surface area contributed by atoms with Crippen molar-refractivity contribution in [3.63, 3.8) is 0 Å². The summed E-state index contributed by atoms with van der Waals surface area (Å²) in [6.07, 6.45) is 6.76. The van der Waals surface area contributed by atoms with Crippen LogP contribution >= 0.6 is 0 Å². The van der Waals surface area contributed by atoms with Crippen LogP contribution in [0.4, 0.5) is 0 Å². The molecule has 25 heavy (non-hydrogen) atoms. The fraction of sp³-hybridized carbons (Fsp3) is 0.526. The molecule has 1 fully saturated rings. The minimum atomic E-state index is -0.363. The van der Waals surface area contributed by atoms with Crippen molar-refractivity contribution in [3.05, 3.63) is 46.0 Å². The Morgan fingerprint density at radius 1 is 1.24 bits per heavy atom. The third kappa shape index (κ3) is 3.74. The molecule has 6 nitrogen and oxygen atoms in total. The van der Waals surface area contributed by atoms with E-state index in [1.807, 2.05) is 13.0 Å². The number of hydrogen-bond acceptors (Lipinski definition) is 4. The van der Waals surface area contributed by atoms with E-state index in [1.54, 1.807) is 12.3 Å². The quantitative estimate of drug-likeness (QED) is 0.923. The lowest BCUT2D eigenvalue weighted by Crippen LogP contribution is -2.53. The number of rotatable bonds is 4. The van der Waals surface area contributed by atoms with Crippen LogP contribution in [0.25, 0.3) is 5.65 Å². The van der Waals surface area contributed by atoms with E-state index >= 15 is 0 Å². The minimum absolute atomic E-state index is 0.0811. The number of aromatic nitrogens is 2. The van der Waals surface area contributed by atoms with E-state index in [0.29, 0.717) is 12.2 Å². The molecule has 1 amide bonds. The molecule has 1 aliphatic rings. The van der Waals surface area contributed by atoms with Crippen molar-refractivity contribution in [1.82, 2.24) is 19.6 Å². The first-order valence-corrected chi connectivity index (χ1v) is 8.90. The lowest BCUT2D eigenvalue weighted by Gasteiger charge is -2.41. The smallest absolute Gasteiger partial charge is 0.270 e. The van der Waals surface area contributed by atoms with Gasteiger partial charge in [-0.3, -0.25) is 18.9 Å². The first-order chi connectivity index (χ1) is 11.9. The number of nitrogens with one attached hydrogen (secondary N) is 1. The van der Waals surface area contributed by atoms with Gasteiger partial charge < -0.3 is 5.32 Å². The highest BCUT2D eigenvalue weighted by Crippen LogP contribution is 2.19. The number of carbonyl (C=O) groups is 1. The van der Waals surface area contributed by atoms with E-state index < -0.39 is 0 Å². The van der Waals surface area contributed by atoms with E-state index in [0.717, 1.165) is 18.7 Å². The predicted octanol–water partition coefficient (Wildman–Crippen LogP) is 2.00. The Bertz CT molecular complexity index is 835. The fourth-order valence-electron chi connectivity index (χ4n) is 3.34. The molecule has 0 saturated carbocycles. The summed E-state index contributed by atoms with van der Waals surface area (Å²) in [5.41, 5.74) is 1.10. The van der Waals surface area contributed by atoms with Crippen molar-refractivity contribution in [2.75, 3.05) is 19.6 Å². The van der Waals surface area contributed by atoms with Gasteiger partial charge >= 0.3 is 0 Å². The summed E-state index contributed by atoms with van der Waals surface area (Å²) in [7, 11) is 0. The van der Waals surface area contributed by atoms with Crippen molar-refractivity contribution in [1.29, 1.82) is 0 Å². The summed E-state index contributed by atoms with van der Waals surface area (Å²) in [6, 6.07) is 3.67. The number of fused-ring (bicyclic) bond motifs is 1. The van der Waals surface area contributed by atoms with Crippen LogP contribution in [0.3, 0.4) is 0 Å². The summed E-state index contributed by atoms with van der Waals surface area (Å²) >= 11 is 0. The van der Waals surface area contributed by atoms with E-state index in [9.17, 15) is 9.59 Å². The Hall–Kier alpha value is -2.21. The Kier molecular flexibility index (Phi) is 4.90. The van der Waals surface area contributed by atoms with Crippen LogP contribution in [-0.4, -0.2) is 45.4 Å². The molecule has 0 spiro atoms. The van der Waals surface area contributed by atoms with Gasteiger partial charge in [0.05, 0.1) is 0 Å². The van der Waals surface area contributed by atoms with Gasteiger partial charge in [0, 0.05) is 24.5 Å². The van der Waals surface area contributed by atoms with Crippen molar-refractivity contribution in [2.45, 2.75) is 45.6 Å². The number of pyridine rings is 1. The zero-order chi connectivity index (χ0) is 18.0. The van der Waals surface area contributed by atoms with Crippen molar-refractivity contribution in [2.24, 2.45) is 0 Å². The van der Waals surface area contributed by atoms with Crippen LogP contribution in [0, 0.1) is 6.92 Å². The van der Waals surface area contributed by atoms with Gasteiger partial charge in [0.15, 0.2) is 0 Å². The molecule has 3 rings (SSSR count). The highest BCUT2D eigenvalue weighted by Gasteiger charge is 2.28. The van der Waals surface area contributed by atoms with Gasteiger partial charge in [0.1, 0.15) is 11.2 Å². The van der Waals surface area contributed by atoms with Crippen LogP contribution in [0.2, 0.25) is 0 Å². The number of piperidine rings is 1. The first kappa shape index (κ1) is 17.6. The number of likely N-dealkylation sites (tertiary alicyclic amines) is 1. The topological polar surface area (TPSA) is 66.7 Å². The van der Waals surface area contributed by atoms with Crippen LogP contribution in [0.1, 0.15) is 49.0 Å². The van der Waals surface area contributed by atoms with Crippen molar-refractivity contribution >= 4 is 11.6 Å². The molecule has 0 unspecified atom stereocenters. The van der Waals surface area contributed by atoms with Gasteiger partial charge in [-0.2, -0.15) is 0 Å². The molecule has 2 aromatic heterocycles. The number of nitrogens with zero attached hydrogens (tertiary/aromatic N) is 3. The highest BCUT2D eigenvalue weighted by atomic mass is 16.2. The van der Waals surface area contributed by atoms with Gasteiger partial charge in [0.25, 0.3) is 11.5 Å². The summed E-state index contributed by atoms with van der Waals surface area (Å²) in [5.74, 6) is -0.363. The first-order valence-electron chi connectivity index (χ1n) is 8.90. The number of amides is 1. The summed E-state index contributed by atoms with van der Waals surface area (Å²) in [5, 5.41) is 2.92. The molecule has 2 aromatic rings. The zero-order valence-corrected chi connectivity index (χ0v) is 15.2. The summed E-state index contributed by atoms with van der Waals surface area (Å²) in [6.45, 7) is 8.78. The maximum absolute atomic E-state index is 12.6. The molecule has 0 bridgehead atoms. The van der Waals surface area contributed by atoms with E-state index in [-0.39, 0.29) is 22.6 Å². The maximum atomic E-state index is 12.6. The average Bonchev–Trinajstić information content (AvgIpc) is 2.61. The van der Waals surface area contributed by atoms with Gasteiger partial charge in [-0.15, -0.1) is 0 Å². The van der Waals surface area contributed by atoms with E-state index in [2.05, 4.69) is 29.0 Å². The van der Waals surface area contributed by atoms with Crippen molar-refractivity contribution in [3.8, 4) is 0 Å². The van der Waals surface area contributed by atoms with Crippen LogP contribution in [-0.2, 0) is 0 Å². The molecule has 0 aromatic carbocycles. The molecular formula is C19H26N4O2. The second-order valence-electron chi connectivity index (χ2n) is 7.45. The number of carbonyl (C=O) groups excluding carboxylic acids is 1. The Balaban J connectivity index is 1.76.